The largest absolute Gasteiger partial charge is 0.493 e. The number of rotatable bonds is 7. The van der Waals surface area contributed by atoms with Crippen molar-refractivity contribution in [3.63, 3.8) is 0 Å². The third kappa shape index (κ3) is 4.73. The van der Waals surface area contributed by atoms with Gasteiger partial charge in [-0.3, -0.25) is 14.2 Å². The van der Waals surface area contributed by atoms with Gasteiger partial charge in [0.1, 0.15) is 4.83 Å². The first-order valence-electron chi connectivity index (χ1n) is 11.8. The molecule has 1 unspecified atom stereocenters. The number of para-hydroxylation sites is 1. The fraction of sp³-hybridized carbons (Fsp3) is 0.296. The van der Waals surface area contributed by atoms with Gasteiger partial charge in [0.2, 0.25) is 5.91 Å². The monoisotopic (exact) mass is 521 g/mol. The summed E-state index contributed by atoms with van der Waals surface area (Å²) in [5, 5.41) is 4.12. The molecule has 0 radical (unpaired) electrons. The van der Waals surface area contributed by atoms with Crippen molar-refractivity contribution in [3.05, 3.63) is 69.3 Å². The van der Waals surface area contributed by atoms with Crippen molar-refractivity contribution in [3.8, 4) is 17.2 Å². The number of anilines is 1. The van der Waals surface area contributed by atoms with Gasteiger partial charge < -0.3 is 14.8 Å². The van der Waals surface area contributed by atoms with E-state index in [1.807, 2.05) is 30.3 Å². The first-order valence-corrected chi connectivity index (χ1v) is 13.6. The number of methoxy groups -OCH3 is 2. The van der Waals surface area contributed by atoms with Crippen molar-refractivity contribution in [1.29, 1.82) is 0 Å². The lowest BCUT2D eigenvalue weighted by atomic mass is 9.89. The van der Waals surface area contributed by atoms with Crippen LogP contribution in [0, 0.1) is 5.92 Å². The van der Waals surface area contributed by atoms with E-state index in [1.54, 1.807) is 48.3 Å². The number of thioether (sulfide) groups is 1. The van der Waals surface area contributed by atoms with Crippen molar-refractivity contribution < 1.29 is 14.3 Å². The second-order valence-electron chi connectivity index (χ2n) is 8.81. The van der Waals surface area contributed by atoms with E-state index >= 15 is 0 Å². The molecule has 1 amide bonds. The molecule has 4 aromatic rings. The van der Waals surface area contributed by atoms with E-state index < -0.39 is 0 Å². The Kier molecular flexibility index (Phi) is 7.02. The maximum atomic E-state index is 13.8. The Morgan fingerprint density at radius 1 is 1.17 bits per heavy atom. The standard InChI is InChI=1S/C27H27N3O4S2/c1-16-9-11-19-22(13-16)36-25-24(19)26(32)30(18-7-5-4-6-8-18)27(29-25)35-15-23(31)28-17-10-12-20(33-2)21(14-17)34-3/h4-8,10,12,14,16H,9,11,13,15H2,1-3H3,(H,28,31). The predicted molar refractivity (Wildman–Crippen MR) is 145 cm³/mol. The Morgan fingerprint density at radius 3 is 2.69 bits per heavy atom. The minimum Gasteiger partial charge on any atom is -0.493 e. The molecule has 1 N–H and O–H groups in total. The minimum atomic E-state index is -0.208. The molecule has 2 heterocycles. The summed E-state index contributed by atoms with van der Waals surface area (Å²) in [6, 6.07) is 14.7. The Morgan fingerprint density at radius 2 is 1.94 bits per heavy atom. The van der Waals surface area contributed by atoms with Gasteiger partial charge in [-0.25, -0.2) is 4.98 Å². The Hall–Kier alpha value is -3.30. The molecular weight excluding hydrogens is 494 g/mol. The molecule has 0 fully saturated rings. The summed E-state index contributed by atoms with van der Waals surface area (Å²) >= 11 is 2.87. The SMILES string of the molecule is COc1ccc(NC(=O)CSc2nc3sc4c(c3c(=O)n2-c2ccccc2)CCC(C)C4)cc1OC. The molecule has 0 bridgehead atoms. The number of amides is 1. The Balaban J connectivity index is 1.46. The van der Waals surface area contributed by atoms with E-state index in [0.29, 0.717) is 28.3 Å². The normalized spacial score (nSPS) is 14.9. The second-order valence-corrected chi connectivity index (χ2v) is 10.8. The van der Waals surface area contributed by atoms with Crippen LogP contribution in [-0.4, -0.2) is 35.4 Å². The average Bonchev–Trinajstić information content (AvgIpc) is 3.25. The van der Waals surface area contributed by atoms with Gasteiger partial charge in [-0.15, -0.1) is 11.3 Å². The van der Waals surface area contributed by atoms with Crippen LogP contribution in [0.2, 0.25) is 0 Å². The summed E-state index contributed by atoms with van der Waals surface area (Å²) in [6.07, 6.45) is 2.97. The Labute approximate surface area is 217 Å². The molecule has 1 aliphatic rings. The molecule has 1 aliphatic carbocycles. The molecule has 0 spiro atoms. The van der Waals surface area contributed by atoms with E-state index in [0.717, 1.165) is 40.7 Å². The zero-order valence-corrected chi connectivity index (χ0v) is 22.0. The summed E-state index contributed by atoms with van der Waals surface area (Å²) in [5.41, 5.74) is 2.42. The molecule has 7 nitrogen and oxygen atoms in total. The molecule has 5 rings (SSSR count). The van der Waals surface area contributed by atoms with Crippen LogP contribution in [0.1, 0.15) is 23.8 Å². The van der Waals surface area contributed by atoms with Gasteiger partial charge >= 0.3 is 0 Å². The van der Waals surface area contributed by atoms with Crippen molar-refractivity contribution in [2.45, 2.75) is 31.3 Å². The highest BCUT2D eigenvalue weighted by molar-refractivity contribution is 7.99. The van der Waals surface area contributed by atoms with E-state index in [-0.39, 0.29) is 17.2 Å². The fourth-order valence-corrected chi connectivity index (χ4v) is 6.75. The number of thiophene rings is 1. The van der Waals surface area contributed by atoms with Gasteiger partial charge in [0.15, 0.2) is 16.7 Å². The number of hydrogen-bond donors (Lipinski definition) is 1. The zero-order valence-electron chi connectivity index (χ0n) is 20.4. The van der Waals surface area contributed by atoms with Crippen LogP contribution in [0.5, 0.6) is 11.5 Å². The van der Waals surface area contributed by atoms with Crippen molar-refractivity contribution >= 4 is 44.9 Å². The number of ether oxygens (including phenoxy) is 2. The number of fused-ring (bicyclic) bond motifs is 3. The lowest BCUT2D eigenvalue weighted by molar-refractivity contribution is -0.113. The fourth-order valence-electron chi connectivity index (χ4n) is 4.51. The van der Waals surface area contributed by atoms with Crippen molar-refractivity contribution in [1.82, 2.24) is 9.55 Å². The first-order chi connectivity index (χ1) is 17.5. The number of carbonyl (C=O) groups is 1. The smallest absolute Gasteiger partial charge is 0.267 e. The van der Waals surface area contributed by atoms with E-state index in [9.17, 15) is 9.59 Å². The maximum Gasteiger partial charge on any atom is 0.267 e. The molecule has 0 saturated heterocycles. The van der Waals surface area contributed by atoms with Gasteiger partial charge in [0, 0.05) is 16.6 Å². The van der Waals surface area contributed by atoms with E-state index in [2.05, 4.69) is 12.2 Å². The van der Waals surface area contributed by atoms with Gasteiger partial charge in [-0.2, -0.15) is 0 Å². The average molecular weight is 522 g/mol. The van der Waals surface area contributed by atoms with Crippen molar-refractivity contribution in [2.24, 2.45) is 5.92 Å². The molecular formula is C27H27N3O4S2. The minimum absolute atomic E-state index is 0.0685. The summed E-state index contributed by atoms with van der Waals surface area (Å²) in [5.74, 6) is 1.61. The topological polar surface area (TPSA) is 82.5 Å². The summed E-state index contributed by atoms with van der Waals surface area (Å²) in [4.78, 5) is 33.6. The number of carbonyl (C=O) groups excluding carboxylic acids is 1. The number of nitrogens with one attached hydrogen (secondary N) is 1. The van der Waals surface area contributed by atoms with Crippen LogP contribution in [0.25, 0.3) is 15.9 Å². The lowest BCUT2D eigenvalue weighted by Gasteiger charge is -2.17. The molecule has 0 saturated carbocycles. The first kappa shape index (κ1) is 24.4. The van der Waals surface area contributed by atoms with Gasteiger partial charge in [0.25, 0.3) is 5.56 Å². The van der Waals surface area contributed by atoms with Crippen LogP contribution in [0.15, 0.2) is 58.5 Å². The maximum absolute atomic E-state index is 13.8. The lowest BCUT2D eigenvalue weighted by Crippen LogP contribution is -2.23. The number of nitrogens with zero attached hydrogens (tertiary/aromatic N) is 2. The number of hydrogen-bond acceptors (Lipinski definition) is 7. The molecule has 1 atom stereocenters. The molecule has 36 heavy (non-hydrogen) atoms. The van der Waals surface area contributed by atoms with Crippen LogP contribution in [0.4, 0.5) is 5.69 Å². The van der Waals surface area contributed by atoms with Crippen molar-refractivity contribution in [2.75, 3.05) is 25.3 Å². The summed E-state index contributed by atoms with van der Waals surface area (Å²) in [7, 11) is 3.11. The molecule has 186 valence electrons. The number of aryl methyl sites for hydroxylation is 1. The zero-order chi connectivity index (χ0) is 25.2. The van der Waals surface area contributed by atoms with E-state index in [4.69, 9.17) is 14.5 Å². The molecule has 2 aromatic heterocycles. The highest BCUT2D eigenvalue weighted by Gasteiger charge is 2.25. The molecule has 2 aromatic carbocycles. The van der Waals surface area contributed by atoms with Crippen LogP contribution < -0.4 is 20.3 Å². The quantitative estimate of drug-likeness (QED) is 0.262. The number of benzene rings is 2. The summed E-state index contributed by atoms with van der Waals surface area (Å²) < 4.78 is 12.2. The molecule has 0 aliphatic heterocycles. The third-order valence-electron chi connectivity index (χ3n) is 6.31. The van der Waals surface area contributed by atoms with Crippen LogP contribution in [0.3, 0.4) is 0 Å². The number of aromatic nitrogens is 2. The predicted octanol–water partition coefficient (Wildman–Crippen LogP) is 5.32. The third-order valence-corrected chi connectivity index (χ3v) is 8.40. The highest BCUT2D eigenvalue weighted by atomic mass is 32.2. The van der Waals surface area contributed by atoms with Crippen LogP contribution >= 0.6 is 23.1 Å². The van der Waals surface area contributed by atoms with E-state index in [1.165, 1.54) is 16.6 Å². The van der Waals surface area contributed by atoms with Gasteiger partial charge in [0.05, 0.1) is 31.0 Å². The summed E-state index contributed by atoms with van der Waals surface area (Å²) in [6.45, 7) is 2.25. The van der Waals surface area contributed by atoms with Gasteiger partial charge in [-0.05, 0) is 55.0 Å². The van der Waals surface area contributed by atoms with Crippen LogP contribution in [-0.2, 0) is 17.6 Å². The Bertz CT molecular complexity index is 1480. The highest BCUT2D eigenvalue weighted by Crippen LogP contribution is 2.37. The second kappa shape index (κ2) is 10.4. The molecule has 9 heteroatoms. The van der Waals surface area contributed by atoms with Gasteiger partial charge in [-0.1, -0.05) is 36.9 Å².